The van der Waals surface area contributed by atoms with Gasteiger partial charge in [0, 0.05) is 5.39 Å². The maximum atomic E-state index is 6.29. The van der Waals surface area contributed by atoms with E-state index in [2.05, 4.69) is 23.0 Å². The van der Waals surface area contributed by atoms with Crippen molar-refractivity contribution < 1.29 is 0 Å². The van der Waals surface area contributed by atoms with E-state index in [1.807, 2.05) is 30.5 Å². The molecule has 2 heterocycles. The van der Waals surface area contributed by atoms with Gasteiger partial charge in [0.25, 0.3) is 0 Å². The molecule has 1 aromatic carbocycles. The molecule has 90 valence electrons. The molecule has 2 aromatic heterocycles. The van der Waals surface area contributed by atoms with Gasteiger partial charge in [0.15, 0.2) is 5.82 Å². The number of aromatic nitrogens is 2. The van der Waals surface area contributed by atoms with Crippen LogP contribution in [0, 0.1) is 13.8 Å². The molecule has 0 amide bonds. The van der Waals surface area contributed by atoms with Crippen LogP contribution in [-0.2, 0) is 0 Å². The molecule has 0 unspecified atom stereocenters. The number of thiophene rings is 1. The van der Waals surface area contributed by atoms with Gasteiger partial charge in [-0.1, -0.05) is 23.7 Å². The maximum Gasteiger partial charge on any atom is 0.171 e. The lowest BCUT2D eigenvalue weighted by Crippen LogP contribution is -1.93. The van der Waals surface area contributed by atoms with Gasteiger partial charge in [-0.05, 0) is 42.5 Å². The number of nitrogens with zero attached hydrogens (tertiary/aromatic N) is 2. The second-order valence-electron chi connectivity index (χ2n) is 4.29. The van der Waals surface area contributed by atoms with Crippen LogP contribution in [0.4, 0.5) is 0 Å². The SMILES string of the molecule is Cc1cc(C)c2c(Cl)nc(-c3cccs3)nc2c1. The third-order valence-corrected chi connectivity index (χ3v) is 3.98. The molecule has 0 fully saturated rings. The summed E-state index contributed by atoms with van der Waals surface area (Å²) >= 11 is 7.91. The van der Waals surface area contributed by atoms with Crippen molar-refractivity contribution in [3.8, 4) is 10.7 Å². The van der Waals surface area contributed by atoms with E-state index in [-0.39, 0.29) is 0 Å². The predicted octanol–water partition coefficient (Wildman–Crippen LogP) is 4.63. The zero-order chi connectivity index (χ0) is 12.7. The van der Waals surface area contributed by atoms with Crippen molar-refractivity contribution in [1.29, 1.82) is 0 Å². The Hall–Kier alpha value is -1.45. The highest BCUT2D eigenvalue weighted by atomic mass is 35.5. The minimum Gasteiger partial charge on any atom is -0.227 e. The molecule has 0 bridgehead atoms. The smallest absolute Gasteiger partial charge is 0.171 e. The lowest BCUT2D eigenvalue weighted by Gasteiger charge is -2.07. The third-order valence-electron chi connectivity index (χ3n) is 2.84. The van der Waals surface area contributed by atoms with Gasteiger partial charge in [-0.2, -0.15) is 0 Å². The van der Waals surface area contributed by atoms with Crippen molar-refractivity contribution in [3.05, 3.63) is 45.9 Å². The fourth-order valence-corrected chi connectivity index (χ4v) is 3.09. The van der Waals surface area contributed by atoms with E-state index in [0.29, 0.717) is 11.0 Å². The average Bonchev–Trinajstić information content (AvgIpc) is 2.80. The molecular weight excluding hydrogens is 264 g/mol. The first kappa shape index (κ1) is 11.6. The van der Waals surface area contributed by atoms with Crippen molar-refractivity contribution in [1.82, 2.24) is 9.97 Å². The quantitative estimate of drug-likeness (QED) is 0.605. The molecule has 18 heavy (non-hydrogen) atoms. The molecule has 3 rings (SSSR count). The van der Waals surface area contributed by atoms with E-state index in [1.165, 1.54) is 5.56 Å². The van der Waals surface area contributed by atoms with Crippen LogP contribution in [0.5, 0.6) is 0 Å². The Morgan fingerprint density at radius 2 is 2.00 bits per heavy atom. The van der Waals surface area contributed by atoms with Crippen molar-refractivity contribution in [2.24, 2.45) is 0 Å². The van der Waals surface area contributed by atoms with Crippen LogP contribution in [0.25, 0.3) is 21.6 Å². The molecule has 0 radical (unpaired) electrons. The van der Waals surface area contributed by atoms with Crippen LogP contribution in [-0.4, -0.2) is 9.97 Å². The Bertz CT molecular complexity index is 720. The van der Waals surface area contributed by atoms with E-state index in [9.17, 15) is 0 Å². The van der Waals surface area contributed by atoms with Gasteiger partial charge in [0.05, 0.1) is 10.4 Å². The zero-order valence-corrected chi connectivity index (χ0v) is 11.6. The Morgan fingerprint density at radius 3 is 2.72 bits per heavy atom. The number of halogens is 1. The fraction of sp³-hybridized carbons (Fsp3) is 0.143. The first-order valence-electron chi connectivity index (χ1n) is 5.63. The molecule has 0 aliphatic carbocycles. The molecule has 0 aliphatic heterocycles. The van der Waals surface area contributed by atoms with Crippen molar-refractivity contribution in [3.63, 3.8) is 0 Å². The molecule has 0 saturated heterocycles. The molecule has 0 atom stereocenters. The number of aryl methyl sites for hydroxylation is 2. The summed E-state index contributed by atoms with van der Waals surface area (Å²) in [7, 11) is 0. The highest BCUT2D eigenvalue weighted by Gasteiger charge is 2.10. The van der Waals surface area contributed by atoms with Gasteiger partial charge >= 0.3 is 0 Å². The van der Waals surface area contributed by atoms with Crippen LogP contribution in [0.2, 0.25) is 5.15 Å². The topological polar surface area (TPSA) is 25.8 Å². The molecule has 4 heteroatoms. The van der Waals surface area contributed by atoms with Crippen molar-refractivity contribution >= 4 is 33.8 Å². The first-order chi connectivity index (χ1) is 8.65. The second kappa shape index (κ2) is 4.34. The molecule has 3 aromatic rings. The standard InChI is InChI=1S/C14H11ClN2S/c1-8-6-9(2)12-10(7-8)16-14(17-13(12)15)11-4-3-5-18-11/h3-7H,1-2H3. The zero-order valence-electron chi connectivity index (χ0n) is 10.1. The Morgan fingerprint density at radius 1 is 1.17 bits per heavy atom. The summed E-state index contributed by atoms with van der Waals surface area (Å²) in [5, 5.41) is 3.49. The summed E-state index contributed by atoms with van der Waals surface area (Å²) in [6.45, 7) is 4.10. The number of hydrogen-bond donors (Lipinski definition) is 0. The summed E-state index contributed by atoms with van der Waals surface area (Å²) in [5.41, 5.74) is 3.22. The van der Waals surface area contributed by atoms with E-state index in [1.54, 1.807) is 11.3 Å². The van der Waals surface area contributed by atoms with Crippen molar-refractivity contribution in [2.75, 3.05) is 0 Å². The Kier molecular flexibility index (Phi) is 2.80. The van der Waals surface area contributed by atoms with Gasteiger partial charge in [-0.3, -0.25) is 0 Å². The van der Waals surface area contributed by atoms with Crippen LogP contribution in [0.3, 0.4) is 0 Å². The normalized spacial score (nSPS) is 11.1. The lowest BCUT2D eigenvalue weighted by molar-refractivity contribution is 1.23. The average molecular weight is 275 g/mol. The Balaban J connectivity index is 2.34. The predicted molar refractivity (Wildman–Crippen MR) is 77.3 cm³/mol. The van der Waals surface area contributed by atoms with E-state index in [4.69, 9.17) is 11.6 Å². The van der Waals surface area contributed by atoms with E-state index in [0.717, 1.165) is 21.3 Å². The minimum atomic E-state index is 0.529. The van der Waals surface area contributed by atoms with Gasteiger partial charge in [-0.15, -0.1) is 11.3 Å². The van der Waals surface area contributed by atoms with E-state index >= 15 is 0 Å². The number of benzene rings is 1. The number of fused-ring (bicyclic) bond motifs is 1. The fourth-order valence-electron chi connectivity index (χ4n) is 2.11. The number of rotatable bonds is 1. The van der Waals surface area contributed by atoms with Crippen molar-refractivity contribution in [2.45, 2.75) is 13.8 Å². The molecule has 0 spiro atoms. The van der Waals surface area contributed by atoms with Crippen LogP contribution < -0.4 is 0 Å². The molecular formula is C14H11ClN2S. The second-order valence-corrected chi connectivity index (χ2v) is 5.60. The highest BCUT2D eigenvalue weighted by Crippen LogP contribution is 2.29. The molecule has 0 N–H and O–H groups in total. The van der Waals surface area contributed by atoms with Gasteiger partial charge in [0.2, 0.25) is 0 Å². The van der Waals surface area contributed by atoms with Crippen LogP contribution in [0.1, 0.15) is 11.1 Å². The minimum absolute atomic E-state index is 0.529. The Labute approximate surface area is 114 Å². The maximum absolute atomic E-state index is 6.29. The van der Waals surface area contributed by atoms with Crippen LogP contribution in [0.15, 0.2) is 29.6 Å². The molecule has 0 saturated carbocycles. The molecule has 0 aliphatic rings. The largest absolute Gasteiger partial charge is 0.227 e. The summed E-state index contributed by atoms with van der Waals surface area (Å²) < 4.78 is 0. The summed E-state index contributed by atoms with van der Waals surface area (Å²) in [5.74, 6) is 0.701. The third kappa shape index (κ3) is 1.89. The summed E-state index contributed by atoms with van der Waals surface area (Å²) in [6.07, 6.45) is 0. The number of hydrogen-bond acceptors (Lipinski definition) is 3. The van der Waals surface area contributed by atoms with E-state index < -0.39 is 0 Å². The van der Waals surface area contributed by atoms with Gasteiger partial charge < -0.3 is 0 Å². The summed E-state index contributed by atoms with van der Waals surface area (Å²) in [4.78, 5) is 10.1. The van der Waals surface area contributed by atoms with Crippen LogP contribution >= 0.6 is 22.9 Å². The summed E-state index contributed by atoms with van der Waals surface area (Å²) in [6, 6.07) is 8.14. The monoisotopic (exact) mass is 274 g/mol. The van der Waals surface area contributed by atoms with Gasteiger partial charge in [0.1, 0.15) is 5.15 Å². The lowest BCUT2D eigenvalue weighted by atomic mass is 10.1. The first-order valence-corrected chi connectivity index (χ1v) is 6.89. The molecule has 2 nitrogen and oxygen atoms in total. The highest BCUT2D eigenvalue weighted by molar-refractivity contribution is 7.13. The van der Waals surface area contributed by atoms with Gasteiger partial charge in [-0.25, -0.2) is 9.97 Å².